The van der Waals surface area contributed by atoms with Crippen LogP contribution in [0.25, 0.3) is 0 Å². The molecule has 2 rings (SSSR count). The van der Waals surface area contributed by atoms with E-state index in [0.717, 1.165) is 18.6 Å². The summed E-state index contributed by atoms with van der Waals surface area (Å²) in [5, 5.41) is 8.85. The van der Waals surface area contributed by atoms with Crippen molar-refractivity contribution in [1.82, 2.24) is 0 Å². The Hall–Kier alpha value is -1.65. The molecule has 1 aromatic rings. The van der Waals surface area contributed by atoms with E-state index in [0.29, 0.717) is 12.0 Å². The minimum Gasteiger partial charge on any atom is -0.457 e. The summed E-state index contributed by atoms with van der Waals surface area (Å²) >= 11 is 0. The van der Waals surface area contributed by atoms with Gasteiger partial charge in [0.15, 0.2) is 0 Å². The third kappa shape index (κ3) is 6.29. The number of ether oxygens (including phenoxy) is 2. The fourth-order valence-corrected chi connectivity index (χ4v) is 3.12. The van der Waals surface area contributed by atoms with E-state index in [2.05, 4.69) is 25.6 Å². The number of hydrogen-bond donors (Lipinski definition) is 1. The molecule has 4 nitrogen and oxygen atoms in total. The van der Waals surface area contributed by atoms with Crippen LogP contribution in [0.15, 0.2) is 36.4 Å². The van der Waals surface area contributed by atoms with Crippen LogP contribution in [-0.2, 0) is 20.9 Å². The Labute approximate surface area is 150 Å². The molecule has 1 aliphatic heterocycles. The van der Waals surface area contributed by atoms with Crippen LogP contribution in [0, 0.1) is 0 Å². The Balaban J connectivity index is 1.77. The highest BCUT2D eigenvalue weighted by atomic mass is 16.5. The fraction of sp³-hybridized carbons (Fsp3) is 0.571. The molecule has 1 aromatic carbocycles. The lowest BCUT2D eigenvalue weighted by molar-refractivity contribution is -0.140. The van der Waals surface area contributed by atoms with Gasteiger partial charge in [0, 0.05) is 5.92 Å². The second-order valence-electron chi connectivity index (χ2n) is 6.80. The number of aliphatic hydroxyl groups excluding tert-OH is 1. The first kappa shape index (κ1) is 19.7. The summed E-state index contributed by atoms with van der Waals surface area (Å²) in [6, 6.07) is 8.15. The summed E-state index contributed by atoms with van der Waals surface area (Å²) in [5.41, 5.74) is 2.28. The summed E-state index contributed by atoms with van der Waals surface area (Å²) in [4.78, 5) is 11.5. The zero-order chi connectivity index (χ0) is 18.1. The van der Waals surface area contributed by atoms with Gasteiger partial charge in [-0.1, -0.05) is 57.0 Å². The van der Waals surface area contributed by atoms with Crippen molar-refractivity contribution in [3.8, 4) is 0 Å². The number of carbonyl (C=O) groups is 1. The molecule has 1 N–H and O–H groups in total. The molecule has 0 radical (unpaired) electrons. The first-order valence-electron chi connectivity index (χ1n) is 9.30. The van der Waals surface area contributed by atoms with Crippen LogP contribution in [0.4, 0.5) is 0 Å². The molecule has 0 spiro atoms. The number of hydrogen-bond acceptors (Lipinski definition) is 4. The molecule has 0 amide bonds. The average Bonchev–Trinajstić information content (AvgIpc) is 2.66. The third-order valence-electron chi connectivity index (χ3n) is 4.80. The van der Waals surface area contributed by atoms with Crippen molar-refractivity contribution in [2.75, 3.05) is 13.2 Å². The van der Waals surface area contributed by atoms with Gasteiger partial charge in [0.25, 0.3) is 0 Å². The van der Waals surface area contributed by atoms with Crippen molar-refractivity contribution in [2.24, 2.45) is 0 Å². The van der Waals surface area contributed by atoms with Crippen molar-refractivity contribution in [3.63, 3.8) is 0 Å². The summed E-state index contributed by atoms with van der Waals surface area (Å²) in [6.45, 7) is 6.29. The third-order valence-corrected chi connectivity index (χ3v) is 4.80. The zero-order valence-corrected chi connectivity index (χ0v) is 15.2. The van der Waals surface area contributed by atoms with Gasteiger partial charge in [-0.3, -0.25) is 0 Å². The van der Waals surface area contributed by atoms with Gasteiger partial charge in [-0.05, 0) is 30.4 Å². The van der Waals surface area contributed by atoms with E-state index in [4.69, 9.17) is 14.6 Å². The number of aliphatic hydroxyl groups is 1. The highest BCUT2D eigenvalue weighted by molar-refractivity contribution is 5.87. The van der Waals surface area contributed by atoms with Crippen LogP contribution in [-0.4, -0.2) is 30.4 Å². The molecule has 2 atom stereocenters. The smallest absolute Gasteiger partial charge is 0.336 e. The Bertz CT molecular complexity index is 542. The van der Waals surface area contributed by atoms with Gasteiger partial charge in [0.05, 0.1) is 24.9 Å². The molecule has 138 valence electrons. The summed E-state index contributed by atoms with van der Waals surface area (Å²) in [7, 11) is 0. The van der Waals surface area contributed by atoms with Crippen LogP contribution < -0.4 is 0 Å². The second-order valence-corrected chi connectivity index (χ2v) is 6.80. The van der Waals surface area contributed by atoms with Crippen LogP contribution in [0.5, 0.6) is 0 Å². The molecule has 1 aliphatic rings. The number of benzene rings is 1. The Kier molecular flexibility index (Phi) is 8.16. The van der Waals surface area contributed by atoms with Crippen LogP contribution in [0.3, 0.4) is 0 Å². The van der Waals surface area contributed by atoms with Crippen LogP contribution in [0.2, 0.25) is 0 Å². The number of esters is 1. The van der Waals surface area contributed by atoms with E-state index in [1.165, 1.54) is 37.7 Å². The second kappa shape index (κ2) is 10.4. The molecule has 0 aliphatic carbocycles. The molecule has 25 heavy (non-hydrogen) atoms. The first-order valence-corrected chi connectivity index (χ1v) is 9.30. The largest absolute Gasteiger partial charge is 0.457 e. The lowest BCUT2D eigenvalue weighted by Gasteiger charge is -2.29. The van der Waals surface area contributed by atoms with Crippen molar-refractivity contribution >= 4 is 5.97 Å². The molecule has 1 saturated heterocycles. The SMILES string of the molecule is C=C(CO)C(=O)OCc1ccc(C2CCC(CCCCC)OC2)cc1. The van der Waals surface area contributed by atoms with Gasteiger partial charge in [0.1, 0.15) is 6.61 Å². The maximum absolute atomic E-state index is 11.5. The minimum atomic E-state index is -0.554. The molecule has 4 heteroatoms. The van der Waals surface area contributed by atoms with Gasteiger partial charge >= 0.3 is 5.97 Å². The minimum absolute atomic E-state index is 0.0736. The van der Waals surface area contributed by atoms with E-state index in [1.54, 1.807) is 0 Å². The van der Waals surface area contributed by atoms with E-state index in [-0.39, 0.29) is 18.8 Å². The Morgan fingerprint density at radius 3 is 2.64 bits per heavy atom. The number of carbonyl (C=O) groups excluding carboxylic acids is 1. The summed E-state index contributed by atoms with van der Waals surface area (Å²) in [6.07, 6.45) is 7.73. The molecule has 0 bridgehead atoms. The topological polar surface area (TPSA) is 55.8 Å². The molecule has 1 heterocycles. The molecule has 1 fully saturated rings. The van der Waals surface area contributed by atoms with Crippen molar-refractivity contribution in [2.45, 2.75) is 64.1 Å². The fourth-order valence-electron chi connectivity index (χ4n) is 3.12. The first-order chi connectivity index (χ1) is 12.1. The lowest BCUT2D eigenvalue weighted by Crippen LogP contribution is -2.24. The van der Waals surface area contributed by atoms with Crippen molar-refractivity contribution in [3.05, 3.63) is 47.5 Å². The van der Waals surface area contributed by atoms with Gasteiger partial charge < -0.3 is 14.6 Å². The van der Waals surface area contributed by atoms with Crippen LogP contribution in [0.1, 0.15) is 62.5 Å². The van der Waals surface area contributed by atoms with E-state index >= 15 is 0 Å². The number of unbranched alkanes of at least 4 members (excludes halogenated alkanes) is 2. The summed E-state index contributed by atoms with van der Waals surface area (Å²) in [5.74, 6) is -0.102. The van der Waals surface area contributed by atoms with Crippen LogP contribution >= 0.6 is 0 Å². The predicted molar refractivity (Wildman–Crippen MR) is 98.3 cm³/mol. The van der Waals surface area contributed by atoms with E-state index in [1.807, 2.05) is 12.1 Å². The van der Waals surface area contributed by atoms with E-state index < -0.39 is 5.97 Å². The van der Waals surface area contributed by atoms with Crippen molar-refractivity contribution in [1.29, 1.82) is 0 Å². The highest BCUT2D eigenvalue weighted by Crippen LogP contribution is 2.30. The highest BCUT2D eigenvalue weighted by Gasteiger charge is 2.22. The maximum Gasteiger partial charge on any atom is 0.336 e. The molecule has 0 aromatic heterocycles. The van der Waals surface area contributed by atoms with Gasteiger partial charge in [0.2, 0.25) is 0 Å². The average molecular weight is 346 g/mol. The Morgan fingerprint density at radius 2 is 2.04 bits per heavy atom. The Morgan fingerprint density at radius 1 is 1.28 bits per heavy atom. The zero-order valence-electron chi connectivity index (χ0n) is 15.2. The van der Waals surface area contributed by atoms with Gasteiger partial charge in [-0.25, -0.2) is 4.79 Å². The summed E-state index contributed by atoms with van der Waals surface area (Å²) < 4.78 is 11.1. The normalized spacial score (nSPS) is 20.2. The molecular formula is C21H30O4. The predicted octanol–water partition coefficient (Wildman–Crippen LogP) is 4.12. The standard InChI is InChI=1S/C21H30O4/c1-3-4-5-6-20-12-11-19(15-24-20)18-9-7-17(8-10-18)14-25-21(23)16(2)13-22/h7-10,19-20,22H,2-6,11-15H2,1H3. The molecule has 0 saturated carbocycles. The quantitative estimate of drug-likeness (QED) is 0.415. The monoisotopic (exact) mass is 346 g/mol. The lowest BCUT2D eigenvalue weighted by atomic mass is 9.90. The van der Waals surface area contributed by atoms with Gasteiger partial charge in [-0.2, -0.15) is 0 Å². The number of rotatable bonds is 9. The van der Waals surface area contributed by atoms with E-state index in [9.17, 15) is 4.79 Å². The maximum atomic E-state index is 11.5. The molecule has 2 unspecified atom stereocenters. The molecular weight excluding hydrogens is 316 g/mol. The van der Waals surface area contributed by atoms with Crippen molar-refractivity contribution < 1.29 is 19.4 Å². The van der Waals surface area contributed by atoms with Gasteiger partial charge in [-0.15, -0.1) is 0 Å².